The molecule has 2 heteroatoms. The normalized spacial score (nSPS) is 63.7. The Hall–Kier alpha value is -0.530. The molecule has 6 aliphatic rings. The molecule has 6 aliphatic carbocycles. The molecule has 6 saturated carbocycles. The Labute approximate surface area is 115 Å². The van der Waals surface area contributed by atoms with Crippen LogP contribution in [-0.2, 0) is 9.53 Å². The minimum absolute atomic E-state index is 0.0341. The summed E-state index contributed by atoms with van der Waals surface area (Å²) in [4.78, 5) is 12.5. The van der Waals surface area contributed by atoms with Gasteiger partial charge in [-0.3, -0.25) is 4.79 Å². The van der Waals surface area contributed by atoms with E-state index in [4.69, 9.17) is 4.74 Å². The van der Waals surface area contributed by atoms with E-state index in [0.717, 1.165) is 17.8 Å². The van der Waals surface area contributed by atoms with E-state index in [-0.39, 0.29) is 17.5 Å². The van der Waals surface area contributed by atoms with Crippen LogP contribution in [0.3, 0.4) is 0 Å². The van der Waals surface area contributed by atoms with Crippen molar-refractivity contribution in [2.75, 3.05) is 0 Å². The van der Waals surface area contributed by atoms with Gasteiger partial charge in [0.1, 0.15) is 5.60 Å². The molecule has 0 N–H and O–H groups in total. The van der Waals surface area contributed by atoms with Gasteiger partial charge >= 0.3 is 5.97 Å². The molecule has 4 bridgehead atoms. The highest BCUT2D eigenvalue weighted by molar-refractivity contribution is 5.82. The van der Waals surface area contributed by atoms with Crippen LogP contribution in [0.2, 0.25) is 0 Å². The average Bonchev–Trinajstić information content (AvgIpc) is 2.94. The molecular formula is C17H24O2. The lowest BCUT2D eigenvalue weighted by atomic mass is 9.54. The Balaban J connectivity index is 1.35. The van der Waals surface area contributed by atoms with Crippen molar-refractivity contribution in [3.8, 4) is 0 Å². The fourth-order valence-corrected chi connectivity index (χ4v) is 6.70. The zero-order chi connectivity index (χ0) is 13.0. The van der Waals surface area contributed by atoms with Crippen LogP contribution in [-0.4, -0.2) is 11.6 Å². The van der Waals surface area contributed by atoms with Gasteiger partial charge in [0, 0.05) is 0 Å². The number of hydrogen-bond donors (Lipinski definition) is 0. The largest absolute Gasteiger partial charge is 0.459 e. The molecule has 0 heterocycles. The molecule has 19 heavy (non-hydrogen) atoms. The Morgan fingerprint density at radius 3 is 1.79 bits per heavy atom. The van der Waals surface area contributed by atoms with Crippen LogP contribution in [0.5, 0.6) is 0 Å². The fourth-order valence-electron chi connectivity index (χ4n) is 6.70. The number of carbonyl (C=O) groups excluding carboxylic acids is 1. The number of hydrogen-bond acceptors (Lipinski definition) is 2. The van der Waals surface area contributed by atoms with E-state index in [2.05, 4.69) is 13.8 Å². The van der Waals surface area contributed by atoms with Gasteiger partial charge in [0.25, 0.3) is 0 Å². The predicted molar refractivity (Wildman–Crippen MR) is 71.3 cm³/mol. The molecule has 6 rings (SSSR count). The van der Waals surface area contributed by atoms with Gasteiger partial charge in [0.2, 0.25) is 0 Å². The van der Waals surface area contributed by atoms with Crippen LogP contribution >= 0.6 is 0 Å². The Morgan fingerprint density at radius 2 is 1.42 bits per heavy atom. The summed E-state index contributed by atoms with van der Waals surface area (Å²) in [6, 6.07) is 0. The molecule has 0 saturated heterocycles. The van der Waals surface area contributed by atoms with Crippen molar-refractivity contribution in [1.82, 2.24) is 0 Å². The topological polar surface area (TPSA) is 26.3 Å². The summed E-state index contributed by atoms with van der Waals surface area (Å²) in [5, 5.41) is 0. The second kappa shape index (κ2) is 2.89. The molecule has 2 atom stereocenters. The first kappa shape index (κ1) is 11.2. The zero-order valence-corrected chi connectivity index (χ0v) is 12.1. The van der Waals surface area contributed by atoms with Crippen molar-refractivity contribution in [1.29, 1.82) is 0 Å². The van der Waals surface area contributed by atoms with Crippen molar-refractivity contribution < 1.29 is 9.53 Å². The third kappa shape index (κ3) is 1.22. The highest BCUT2D eigenvalue weighted by atomic mass is 16.6. The van der Waals surface area contributed by atoms with Crippen LogP contribution in [0.15, 0.2) is 0 Å². The number of rotatable bonds is 2. The van der Waals surface area contributed by atoms with E-state index in [0.29, 0.717) is 10.8 Å². The van der Waals surface area contributed by atoms with Crippen LogP contribution in [0.25, 0.3) is 0 Å². The lowest BCUT2D eigenvalue weighted by molar-refractivity contribution is -0.190. The second-order valence-corrected chi connectivity index (χ2v) is 8.97. The summed E-state index contributed by atoms with van der Waals surface area (Å²) in [6.07, 6.45) is 8.99. The van der Waals surface area contributed by atoms with E-state index in [1.54, 1.807) is 0 Å². The fraction of sp³-hybridized carbons (Fsp3) is 0.941. The number of carbonyl (C=O) groups is 1. The highest BCUT2D eigenvalue weighted by Crippen LogP contribution is 2.89. The van der Waals surface area contributed by atoms with Crippen molar-refractivity contribution in [2.45, 2.75) is 64.4 Å². The average molecular weight is 260 g/mol. The SMILES string of the molecule is CC12CC1(C)C2C(=O)OC12CC3CC(CC(C3)C1)C2. The molecule has 0 spiro atoms. The van der Waals surface area contributed by atoms with E-state index in [9.17, 15) is 4.79 Å². The molecule has 0 aromatic heterocycles. The third-order valence-corrected chi connectivity index (χ3v) is 7.64. The van der Waals surface area contributed by atoms with Crippen molar-refractivity contribution >= 4 is 5.97 Å². The lowest BCUT2D eigenvalue weighted by Gasteiger charge is -2.55. The third-order valence-electron chi connectivity index (χ3n) is 7.64. The minimum Gasteiger partial charge on any atom is -0.459 e. The van der Waals surface area contributed by atoms with Crippen LogP contribution in [0, 0.1) is 34.5 Å². The second-order valence-electron chi connectivity index (χ2n) is 8.97. The number of ether oxygens (including phenoxy) is 1. The molecule has 6 fully saturated rings. The van der Waals surface area contributed by atoms with E-state index in [1.165, 1.54) is 44.9 Å². The van der Waals surface area contributed by atoms with Gasteiger partial charge in [-0.25, -0.2) is 0 Å². The van der Waals surface area contributed by atoms with Gasteiger partial charge in [-0.05, 0) is 73.5 Å². The zero-order valence-electron chi connectivity index (χ0n) is 12.1. The predicted octanol–water partition coefficient (Wildman–Crippen LogP) is 3.54. The maximum atomic E-state index is 12.5. The summed E-state index contributed by atoms with van der Waals surface area (Å²) in [6.45, 7) is 4.53. The van der Waals surface area contributed by atoms with Gasteiger partial charge in [-0.2, -0.15) is 0 Å². The first-order valence-electron chi connectivity index (χ1n) is 8.17. The molecular weight excluding hydrogens is 236 g/mol. The van der Waals surface area contributed by atoms with Crippen LogP contribution in [0.4, 0.5) is 0 Å². The van der Waals surface area contributed by atoms with Crippen LogP contribution < -0.4 is 0 Å². The maximum Gasteiger partial charge on any atom is 0.310 e. The van der Waals surface area contributed by atoms with Gasteiger partial charge in [0.15, 0.2) is 0 Å². The molecule has 0 aliphatic heterocycles. The van der Waals surface area contributed by atoms with Gasteiger partial charge in [-0.15, -0.1) is 0 Å². The Morgan fingerprint density at radius 1 is 0.947 bits per heavy atom. The molecule has 2 unspecified atom stereocenters. The van der Waals surface area contributed by atoms with Crippen LogP contribution in [0.1, 0.15) is 58.8 Å². The van der Waals surface area contributed by atoms with Gasteiger partial charge in [-0.1, -0.05) is 13.8 Å². The molecule has 0 aromatic rings. The molecule has 0 aromatic carbocycles. The van der Waals surface area contributed by atoms with Gasteiger partial charge < -0.3 is 4.74 Å². The number of fused-ring (bicyclic) bond motifs is 1. The first-order chi connectivity index (χ1) is 8.94. The Kier molecular flexibility index (Phi) is 1.70. The number of esters is 1. The van der Waals surface area contributed by atoms with Crippen molar-refractivity contribution in [2.24, 2.45) is 34.5 Å². The molecule has 0 amide bonds. The van der Waals surface area contributed by atoms with Crippen molar-refractivity contribution in [3.05, 3.63) is 0 Å². The van der Waals surface area contributed by atoms with Gasteiger partial charge in [0.05, 0.1) is 5.92 Å². The smallest absolute Gasteiger partial charge is 0.310 e. The Bertz CT molecular complexity index is 432. The summed E-state index contributed by atoms with van der Waals surface area (Å²) >= 11 is 0. The molecule has 104 valence electrons. The van der Waals surface area contributed by atoms with Crippen molar-refractivity contribution in [3.63, 3.8) is 0 Å². The maximum absolute atomic E-state index is 12.5. The summed E-state index contributed by atoms with van der Waals surface area (Å²) in [5.41, 5.74) is 0.590. The quantitative estimate of drug-likeness (QED) is 0.710. The molecule has 0 radical (unpaired) electrons. The monoisotopic (exact) mass is 260 g/mol. The molecule has 2 nitrogen and oxygen atoms in total. The standard InChI is InChI=1S/C17H24O2/c1-15-9-16(15,2)13(15)14(18)19-17-6-10-3-11(7-17)5-12(4-10)8-17/h10-13H,3-9H2,1-2H3. The van der Waals surface area contributed by atoms with E-state index >= 15 is 0 Å². The summed E-state index contributed by atoms with van der Waals surface area (Å²) in [7, 11) is 0. The highest BCUT2D eigenvalue weighted by Gasteiger charge is 2.88. The van der Waals surface area contributed by atoms with E-state index < -0.39 is 0 Å². The summed E-state index contributed by atoms with van der Waals surface area (Å²) < 4.78 is 6.17. The summed E-state index contributed by atoms with van der Waals surface area (Å²) in [5.74, 6) is 2.96. The first-order valence-corrected chi connectivity index (χ1v) is 8.17. The lowest BCUT2D eigenvalue weighted by Crippen LogP contribution is -2.53. The van der Waals surface area contributed by atoms with E-state index in [1.807, 2.05) is 0 Å². The minimum atomic E-state index is -0.0341.